The third-order valence-electron chi connectivity index (χ3n) is 3.32. The molecule has 88 valence electrons. The Hall–Kier alpha value is -0.930. The molecule has 1 aliphatic rings. The number of hydrogen-bond donors (Lipinski definition) is 2. The standard InChI is InChI=1S/C13H19FN2/c14-12-3-1-2-11(9-12)13(15)8-10-4-6-16-7-5-10/h1-3,9-10,13,16H,4-8,15H2. The van der Waals surface area contributed by atoms with Crippen molar-refractivity contribution in [3.05, 3.63) is 35.6 Å². The molecule has 1 aliphatic heterocycles. The molecule has 1 fully saturated rings. The largest absolute Gasteiger partial charge is 0.324 e. The zero-order chi connectivity index (χ0) is 11.4. The highest BCUT2D eigenvalue weighted by molar-refractivity contribution is 5.19. The highest BCUT2D eigenvalue weighted by Crippen LogP contribution is 2.24. The van der Waals surface area contributed by atoms with Gasteiger partial charge in [0.1, 0.15) is 5.82 Å². The van der Waals surface area contributed by atoms with Crippen molar-refractivity contribution in [2.75, 3.05) is 13.1 Å². The van der Waals surface area contributed by atoms with Crippen LogP contribution >= 0.6 is 0 Å². The minimum atomic E-state index is -0.196. The first-order valence-corrected chi connectivity index (χ1v) is 5.97. The summed E-state index contributed by atoms with van der Waals surface area (Å²) in [7, 11) is 0. The van der Waals surface area contributed by atoms with Crippen LogP contribution in [0.25, 0.3) is 0 Å². The van der Waals surface area contributed by atoms with Gasteiger partial charge in [-0.3, -0.25) is 0 Å². The predicted octanol–water partition coefficient (Wildman–Crippen LogP) is 2.22. The summed E-state index contributed by atoms with van der Waals surface area (Å²) in [4.78, 5) is 0. The Labute approximate surface area is 96.0 Å². The van der Waals surface area contributed by atoms with Gasteiger partial charge in [-0.1, -0.05) is 12.1 Å². The van der Waals surface area contributed by atoms with E-state index in [2.05, 4.69) is 5.32 Å². The van der Waals surface area contributed by atoms with Crippen molar-refractivity contribution in [3.63, 3.8) is 0 Å². The van der Waals surface area contributed by atoms with E-state index < -0.39 is 0 Å². The van der Waals surface area contributed by atoms with Crippen LogP contribution in [0, 0.1) is 11.7 Å². The molecule has 1 aromatic carbocycles. The molecule has 2 nitrogen and oxygen atoms in total. The Morgan fingerprint density at radius 3 is 2.81 bits per heavy atom. The number of hydrogen-bond acceptors (Lipinski definition) is 2. The number of benzene rings is 1. The molecule has 1 atom stereocenters. The Bertz CT molecular complexity index is 334. The Kier molecular flexibility index (Phi) is 3.91. The summed E-state index contributed by atoms with van der Waals surface area (Å²) < 4.78 is 13.0. The first-order valence-electron chi connectivity index (χ1n) is 5.97. The highest BCUT2D eigenvalue weighted by atomic mass is 19.1. The van der Waals surface area contributed by atoms with Gasteiger partial charge < -0.3 is 11.1 Å². The fourth-order valence-corrected chi connectivity index (χ4v) is 2.35. The van der Waals surface area contributed by atoms with Crippen LogP contribution in [-0.4, -0.2) is 13.1 Å². The van der Waals surface area contributed by atoms with E-state index in [0.717, 1.165) is 25.1 Å². The number of rotatable bonds is 3. The second kappa shape index (κ2) is 5.41. The zero-order valence-corrected chi connectivity index (χ0v) is 9.45. The Morgan fingerprint density at radius 2 is 2.12 bits per heavy atom. The van der Waals surface area contributed by atoms with Crippen LogP contribution in [0.3, 0.4) is 0 Å². The van der Waals surface area contributed by atoms with Gasteiger partial charge in [-0.05, 0) is 56.0 Å². The predicted molar refractivity (Wildman–Crippen MR) is 63.5 cm³/mol. The smallest absolute Gasteiger partial charge is 0.123 e. The van der Waals surface area contributed by atoms with Crippen molar-refractivity contribution in [1.82, 2.24) is 5.32 Å². The van der Waals surface area contributed by atoms with Gasteiger partial charge >= 0.3 is 0 Å². The summed E-state index contributed by atoms with van der Waals surface area (Å²) in [5.41, 5.74) is 7.02. The minimum absolute atomic E-state index is 0.0289. The number of nitrogens with two attached hydrogens (primary N) is 1. The van der Waals surface area contributed by atoms with Gasteiger partial charge in [0, 0.05) is 6.04 Å². The summed E-state index contributed by atoms with van der Waals surface area (Å²) in [5.74, 6) is 0.484. The number of piperidine rings is 1. The molecule has 0 aromatic heterocycles. The van der Waals surface area contributed by atoms with Gasteiger partial charge in [0.2, 0.25) is 0 Å². The Morgan fingerprint density at radius 1 is 1.38 bits per heavy atom. The zero-order valence-electron chi connectivity index (χ0n) is 9.45. The van der Waals surface area contributed by atoms with E-state index in [4.69, 9.17) is 5.73 Å². The molecular weight excluding hydrogens is 203 g/mol. The lowest BCUT2D eigenvalue weighted by molar-refractivity contribution is 0.332. The van der Waals surface area contributed by atoms with Crippen LogP contribution < -0.4 is 11.1 Å². The second-order valence-corrected chi connectivity index (χ2v) is 4.59. The topological polar surface area (TPSA) is 38.0 Å². The highest BCUT2D eigenvalue weighted by Gasteiger charge is 2.17. The molecule has 1 unspecified atom stereocenters. The molecule has 0 saturated carbocycles. The van der Waals surface area contributed by atoms with E-state index >= 15 is 0 Å². The van der Waals surface area contributed by atoms with Crippen LogP contribution in [0.15, 0.2) is 24.3 Å². The minimum Gasteiger partial charge on any atom is -0.324 e. The van der Waals surface area contributed by atoms with Crippen LogP contribution in [0.4, 0.5) is 4.39 Å². The van der Waals surface area contributed by atoms with Gasteiger partial charge in [0.05, 0.1) is 0 Å². The molecule has 3 heteroatoms. The summed E-state index contributed by atoms with van der Waals surface area (Å²) in [6, 6.07) is 6.62. The van der Waals surface area contributed by atoms with E-state index in [0.29, 0.717) is 5.92 Å². The maximum atomic E-state index is 13.0. The number of nitrogens with one attached hydrogen (secondary N) is 1. The molecule has 16 heavy (non-hydrogen) atoms. The maximum Gasteiger partial charge on any atom is 0.123 e. The lowest BCUT2D eigenvalue weighted by Crippen LogP contribution is -2.29. The van der Waals surface area contributed by atoms with E-state index in [-0.39, 0.29) is 11.9 Å². The monoisotopic (exact) mass is 222 g/mol. The molecule has 0 amide bonds. The first kappa shape index (κ1) is 11.6. The van der Waals surface area contributed by atoms with Gasteiger partial charge in [-0.15, -0.1) is 0 Å². The summed E-state index contributed by atoms with van der Waals surface area (Å²) >= 11 is 0. The van der Waals surface area contributed by atoms with Crippen LogP contribution in [0.1, 0.15) is 30.9 Å². The molecule has 1 aromatic rings. The third-order valence-corrected chi connectivity index (χ3v) is 3.32. The average molecular weight is 222 g/mol. The molecule has 0 radical (unpaired) electrons. The molecule has 1 heterocycles. The molecule has 0 spiro atoms. The van der Waals surface area contributed by atoms with Crippen molar-refractivity contribution in [1.29, 1.82) is 0 Å². The summed E-state index contributed by atoms with van der Waals surface area (Å²) in [6.07, 6.45) is 3.33. The van der Waals surface area contributed by atoms with Gasteiger partial charge in [0.25, 0.3) is 0 Å². The molecule has 2 rings (SSSR count). The van der Waals surface area contributed by atoms with Crippen molar-refractivity contribution < 1.29 is 4.39 Å². The van der Waals surface area contributed by atoms with Crippen molar-refractivity contribution in [2.45, 2.75) is 25.3 Å². The fourth-order valence-electron chi connectivity index (χ4n) is 2.35. The van der Waals surface area contributed by atoms with E-state index in [1.165, 1.54) is 18.9 Å². The summed E-state index contributed by atoms with van der Waals surface area (Å²) in [5, 5.41) is 3.34. The van der Waals surface area contributed by atoms with E-state index in [1.54, 1.807) is 12.1 Å². The third kappa shape index (κ3) is 3.03. The second-order valence-electron chi connectivity index (χ2n) is 4.59. The SMILES string of the molecule is NC(CC1CCNCC1)c1cccc(F)c1. The van der Waals surface area contributed by atoms with Crippen molar-refractivity contribution >= 4 is 0 Å². The fraction of sp³-hybridized carbons (Fsp3) is 0.538. The molecule has 1 saturated heterocycles. The lowest BCUT2D eigenvalue weighted by atomic mass is 9.89. The Balaban J connectivity index is 1.94. The van der Waals surface area contributed by atoms with Crippen LogP contribution in [-0.2, 0) is 0 Å². The van der Waals surface area contributed by atoms with E-state index in [1.807, 2.05) is 6.07 Å². The lowest BCUT2D eigenvalue weighted by Gasteiger charge is -2.25. The van der Waals surface area contributed by atoms with Gasteiger partial charge in [0.15, 0.2) is 0 Å². The van der Waals surface area contributed by atoms with Gasteiger partial charge in [-0.2, -0.15) is 0 Å². The van der Waals surface area contributed by atoms with E-state index in [9.17, 15) is 4.39 Å². The molecular formula is C13H19FN2. The maximum absolute atomic E-state index is 13.0. The van der Waals surface area contributed by atoms with Crippen molar-refractivity contribution in [2.24, 2.45) is 11.7 Å². The normalized spacial score (nSPS) is 19.6. The van der Waals surface area contributed by atoms with Crippen LogP contribution in [0.2, 0.25) is 0 Å². The molecule has 3 N–H and O–H groups in total. The molecule has 0 bridgehead atoms. The summed E-state index contributed by atoms with van der Waals surface area (Å²) in [6.45, 7) is 2.17. The quantitative estimate of drug-likeness (QED) is 0.823. The average Bonchev–Trinajstić information content (AvgIpc) is 2.30. The molecule has 0 aliphatic carbocycles. The van der Waals surface area contributed by atoms with Crippen molar-refractivity contribution in [3.8, 4) is 0 Å². The van der Waals surface area contributed by atoms with Crippen LogP contribution in [0.5, 0.6) is 0 Å². The van der Waals surface area contributed by atoms with Gasteiger partial charge in [-0.25, -0.2) is 4.39 Å². The first-order chi connectivity index (χ1) is 7.75. The number of halogens is 1.